The van der Waals surface area contributed by atoms with Crippen molar-refractivity contribution in [2.75, 3.05) is 5.32 Å². The van der Waals surface area contributed by atoms with Crippen molar-refractivity contribution in [2.24, 2.45) is 4.99 Å². The van der Waals surface area contributed by atoms with Crippen molar-refractivity contribution < 1.29 is 26.3 Å². The van der Waals surface area contributed by atoms with Crippen molar-refractivity contribution >= 4 is 22.2 Å². The van der Waals surface area contributed by atoms with Crippen LogP contribution in [0.2, 0.25) is 0 Å². The average Bonchev–Trinajstić information content (AvgIpc) is 3.03. The maximum Gasteiger partial charge on any atom is 0.416 e. The first-order valence-corrected chi connectivity index (χ1v) is 14.0. The normalized spacial score (nSPS) is 16.0. The van der Waals surface area contributed by atoms with Crippen LogP contribution in [0.3, 0.4) is 0 Å². The molecule has 0 aliphatic carbocycles. The Bertz CT molecular complexity index is 1820. The molecular formula is C36H26F6N2. The van der Waals surface area contributed by atoms with E-state index in [1.807, 2.05) is 97.1 Å². The summed E-state index contributed by atoms with van der Waals surface area (Å²) >= 11 is 0. The van der Waals surface area contributed by atoms with Gasteiger partial charge in [0.2, 0.25) is 0 Å². The average molecular weight is 601 g/mol. The van der Waals surface area contributed by atoms with Gasteiger partial charge in [-0.25, -0.2) is 0 Å². The summed E-state index contributed by atoms with van der Waals surface area (Å²) in [5, 5.41) is 5.10. The minimum atomic E-state index is -4.98. The summed E-state index contributed by atoms with van der Waals surface area (Å²) in [5.74, 6) is 0. The highest BCUT2D eigenvalue weighted by Gasteiger charge is 2.37. The third-order valence-corrected chi connectivity index (χ3v) is 7.69. The van der Waals surface area contributed by atoms with Crippen LogP contribution in [0.15, 0.2) is 132 Å². The van der Waals surface area contributed by atoms with Crippen LogP contribution < -0.4 is 5.32 Å². The number of rotatable bonds is 6. The second-order valence-electron chi connectivity index (χ2n) is 10.6. The van der Waals surface area contributed by atoms with Crippen molar-refractivity contribution in [2.45, 2.75) is 30.9 Å². The van der Waals surface area contributed by atoms with E-state index < -0.39 is 29.5 Å². The Morgan fingerprint density at radius 1 is 0.682 bits per heavy atom. The maximum absolute atomic E-state index is 13.8. The molecule has 5 aromatic rings. The van der Waals surface area contributed by atoms with Gasteiger partial charge in [0, 0.05) is 5.69 Å². The summed E-state index contributed by atoms with van der Waals surface area (Å²) in [6.07, 6.45) is -5.62. The molecule has 0 amide bonds. The highest BCUT2D eigenvalue weighted by atomic mass is 19.4. The van der Waals surface area contributed by atoms with Gasteiger partial charge in [-0.3, -0.25) is 4.99 Å². The standard InChI is InChI=1S/C36H26F6N2/c37-35(38,39)25-20-26(36(40,41)42)22-27(21-25)43-34(31-16-7-6-15-29(31)23-10-2-1-3-11-23)33-19-9-18-32(44-33)30-17-8-13-24-12-4-5-14-28(24)30/h1-17,19-22,32,34,43H,18H2. The van der Waals surface area contributed by atoms with Gasteiger partial charge in [-0.2, -0.15) is 26.3 Å². The lowest BCUT2D eigenvalue weighted by Gasteiger charge is -2.28. The van der Waals surface area contributed by atoms with Crippen LogP contribution in [-0.4, -0.2) is 5.71 Å². The molecule has 0 radical (unpaired) electrons. The number of aliphatic imine (C=N–C) groups is 1. The van der Waals surface area contributed by atoms with Crippen LogP contribution in [-0.2, 0) is 12.4 Å². The molecule has 0 spiro atoms. The largest absolute Gasteiger partial charge is 0.416 e. The SMILES string of the molecule is FC(F)(F)c1cc(NC(C2=NC(c3cccc4ccccc34)CC=C2)c2ccccc2-c2ccccc2)cc(C(F)(F)F)c1. The maximum atomic E-state index is 13.8. The molecule has 0 fully saturated rings. The van der Waals surface area contributed by atoms with E-state index in [0.717, 1.165) is 27.5 Å². The third kappa shape index (κ3) is 6.11. The van der Waals surface area contributed by atoms with Gasteiger partial charge in [-0.05, 0) is 63.7 Å². The quantitative estimate of drug-likeness (QED) is 0.193. The Labute approximate surface area is 250 Å². The smallest absolute Gasteiger partial charge is 0.373 e. The lowest BCUT2D eigenvalue weighted by Crippen LogP contribution is -2.23. The van der Waals surface area contributed by atoms with Crippen molar-refractivity contribution in [3.8, 4) is 11.1 Å². The van der Waals surface area contributed by atoms with Crippen LogP contribution in [0.25, 0.3) is 21.9 Å². The van der Waals surface area contributed by atoms with Crippen molar-refractivity contribution in [1.82, 2.24) is 0 Å². The molecule has 2 unspecified atom stereocenters. The van der Waals surface area contributed by atoms with Gasteiger partial charge in [-0.15, -0.1) is 0 Å². The molecule has 0 saturated carbocycles. The predicted octanol–water partition coefficient (Wildman–Crippen LogP) is 10.8. The number of dihydropyridines is 1. The molecule has 1 aliphatic rings. The molecular weight excluding hydrogens is 574 g/mol. The van der Waals surface area contributed by atoms with Gasteiger partial charge in [0.25, 0.3) is 0 Å². The Morgan fingerprint density at radius 3 is 2.05 bits per heavy atom. The molecule has 222 valence electrons. The van der Waals surface area contributed by atoms with Gasteiger partial charge >= 0.3 is 12.4 Å². The Kier molecular flexibility index (Phi) is 7.76. The molecule has 0 bridgehead atoms. The number of fused-ring (bicyclic) bond motifs is 1. The van der Waals surface area contributed by atoms with Crippen LogP contribution >= 0.6 is 0 Å². The number of alkyl halides is 6. The molecule has 1 N–H and O–H groups in total. The number of nitrogens with zero attached hydrogens (tertiary/aromatic N) is 1. The lowest BCUT2D eigenvalue weighted by atomic mass is 9.89. The number of halogens is 6. The van der Waals surface area contributed by atoms with E-state index in [4.69, 9.17) is 4.99 Å². The van der Waals surface area contributed by atoms with Crippen LogP contribution in [0.5, 0.6) is 0 Å². The van der Waals surface area contributed by atoms with E-state index in [1.54, 1.807) is 12.1 Å². The minimum absolute atomic E-state index is 0.132. The first kappa shape index (κ1) is 29.2. The van der Waals surface area contributed by atoms with Crippen molar-refractivity contribution in [3.63, 3.8) is 0 Å². The predicted molar refractivity (Wildman–Crippen MR) is 163 cm³/mol. The highest BCUT2D eigenvalue weighted by molar-refractivity contribution is 6.03. The minimum Gasteiger partial charge on any atom is -0.373 e. The molecule has 1 aliphatic heterocycles. The molecule has 2 atom stereocenters. The first-order valence-electron chi connectivity index (χ1n) is 14.0. The summed E-state index contributed by atoms with van der Waals surface area (Å²) in [7, 11) is 0. The highest BCUT2D eigenvalue weighted by Crippen LogP contribution is 2.40. The van der Waals surface area contributed by atoms with E-state index >= 15 is 0 Å². The summed E-state index contributed by atoms with van der Waals surface area (Å²) in [6.45, 7) is 0. The number of hydrogen-bond donors (Lipinski definition) is 1. The van der Waals surface area contributed by atoms with Gasteiger partial charge < -0.3 is 5.32 Å². The second-order valence-corrected chi connectivity index (χ2v) is 10.6. The number of benzene rings is 5. The van der Waals surface area contributed by atoms with Crippen molar-refractivity contribution in [1.29, 1.82) is 0 Å². The molecule has 6 rings (SSSR count). The molecule has 8 heteroatoms. The van der Waals surface area contributed by atoms with Gasteiger partial charge in [0.05, 0.1) is 28.9 Å². The monoisotopic (exact) mass is 600 g/mol. The van der Waals surface area contributed by atoms with Gasteiger partial charge in [-0.1, -0.05) is 103 Å². The molecule has 1 heterocycles. The fraction of sp³-hybridized carbons (Fsp3) is 0.139. The van der Waals surface area contributed by atoms with Crippen molar-refractivity contribution in [3.05, 3.63) is 150 Å². The van der Waals surface area contributed by atoms with Crippen LogP contribution in [0.4, 0.5) is 32.0 Å². The van der Waals surface area contributed by atoms with Crippen LogP contribution in [0.1, 0.15) is 40.8 Å². The summed E-state index contributed by atoms with van der Waals surface area (Å²) in [4.78, 5) is 5.08. The fourth-order valence-electron chi connectivity index (χ4n) is 5.65. The zero-order chi connectivity index (χ0) is 30.9. The fourth-order valence-corrected chi connectivity index (χ4v) is 5.65. The Morgan fingerprint density at radius 2 is 1.32 bits per heavy atom. The number of hydrogen-bond acceptors (Lipinski definition) is 2. The first-order chi connectivity index (χ1) is 21.1. The zero-order valence-corrected chi connectivity index (χ0v) is 23.2. The van der Waals surface area contributed by atoms with E-state index in [9.17, 15) is 26.3 Å². The second kappa shape index (κ2) is 11.7. The number of nitrogens with one attached hydrogen (secondary N) is 1. The lowest BCUT2D eigenvalue weighted by molar-refractivity contribution is -0.143. The topological polar surface area (TPSA) is 24.4 Å². The van der Waals surface area contributed by atoms with E-state index in [0.29, 0.717) is 29.8 Å². The number of anilines is 1. The third-order valence-electron chi connectivity index (χ3n) is 7.69. The van der Waals surface area contributed by atoms with E-state index in [2.05, 4.69) is 5.32 Å². The summed E-state index contributed by atoms with van der Waals surface area (Å²) < 4.78 is 82.6. The summed E-state index contributed by atoms with van der Waals surface area (Å²) in [5.41, 5.74) is 0.661. The van der Waals surface area contributed by atoms with Gasteiger partial charge in [0.15, 0.2) is 0 Å². The molecule has 5 aromatic carbocycles. The molecule has 0 aromatic heterocycles. The Balaban J connectivity index is 1.51. The summed E-state index contributed by atoms with van der Waals surface area (Å²) in [6, 6.07) is 31.0. The van der Waals surface area contributed by atoms with E-state index in [1.165, 1.54) is 0 Å². The van der Waals surface area contributed by atoms with E-state index in [-0.39, 0.29) is 17.8 Å². The Hall–Kier alpha value is -4.85. The zero-order valence-electron chi connectivity index (χ0n) is 23.2. The molecule has 0 saturated heterocycles. The van der Waals surface area contributed by atoms with Crippen LogP contribution in [0, 0.1) is 0 Å². The molecule has 44 heavy (non-hydrogen) atoms. The van der Waals surface area contributed by atoms with Gasteiger partial charge in [0.1, 0.15) is 0 Å². The molecule has 2 nitrogen and oxygen atoms in total.